The molecule has 0 aromatic carbocycles. The molecule has 96 valence electrons. The van der Waals surface area contributed by atoms with Crippen LogP contribution in [-0.4, -0.2) is 46.9 Å². The van der Waals surface area contributed by atoms with Gasteiger partial charge in [0.25, 0.3) is 0 Å². The molecular weight excluding hydrogens is 240 g/mol. The van der Waals surface area contributed by atoms with Crippen LogP contribution in [0.15, 0.2) is 18.5 Å². The minimum atomic E-state index is -0.492. The van der Waals surface area contributed by atoms with Gasteiger partial charge in [0.2, 0.25) is 0 Å². The molecule has 0 aliphatic rings. The zero-order chi connectivity index (χ0) is 12.9. The maximum absolute atomic E-state index is 9.23. The first-order valence-corrected chi connectivity index (χ1v) is 5.87. The number of rotatable bonds is 6. The summed E-state index contributed by atoms with van der Waals surface area (Å²) in [6, 6.07) is 1.87. The first-order valence-electron chi connectivity index (χ1n) is 5.49. The third-order valence-electron chi connectivity index (χ3n) is 2.71. The molecule has 0 saturated heterocycles. The molecule has 0 atom stereocenters. The van der Waals surface area contributed by atoms with Crippen LogP contribution < -0.4 is 0 Å². The molecule has 5 heteroatoms. The fourth-order valence-electron chi connectivity index (χ4n) is 1.68. The van der Waals surface area contributed by atoms with Gasteiger partial charge in [-0.15, -0.1) is 0 Å². The Morgan fingerprint density at radius 1 is 1.41 bits per heavy atom. The molecule has 17 heavy (non-hydrogen) atoms. The Bertz CT molecular complexity index is 356. The van der Waals surface area contributed by atoms with E-state index in [1.54, 1.807) is 12.4 Å². The van der Waals surface area contributed by atoms with E-state index in [1.807, 2.05) is 24.9 Å². The van der Waals surface area contributed by atoms with Gasteiger partial charge in [-0.05, 0) is 18.7 Å². The van der Waals surface area contributed by atoms with Crippen molar-refractivity contribution in [2.45, 2.75) is 13.5 Å². The topological polar surface area (TPSA) is 56.6 Å². The minimum absolute atomic E-state index is 0.0437. The van der Waals surface area contributed by atoms with Gasteiger partial charge in [0.1, 0.15) is 0 Å². The van der Waals surface area contributed by atoms with Gasteiger partial charge in [-0.2, -0.15) is 0 Å². The molecule has 0 radical (unpaired) electrons. The first kappa shape index (κ1) is 14.4. The summed E-state index contributed by atoms with van der Waals surface area (Å²) in [6.45, 7) is 3.02. The Hall–Kier alpha value is -0.680. The van der Waals surface area contributed by atoms with Gasteiger partial charge < -0.3 is 15.1 Å². The lowest BCUT2D eigenvalue weighted by Gasteiger charge is -2.30. The van der Waals surface area contributed by atoms with Crippen LogP contribution in [-0.2, 0) is 6.54 Å². The number of aromatic nitrogens is 1. The molecule has 0 spiro atoms. The Kier molecular flexibility index (Phi) is 5.33. The number of hydrogen-bond donors (Lipinski definition) is 2. The molecule has 0 fully saturated rings. The first-order chi connectivity index (χ1) is 8.00. The molecule has 0 aliphatic heterocycles. The second kappa shape index (κ2) is 6.31. The van der Waals surface area contributed by atoms with Gasteiger partial charge in [-0.25, -0.2) is 0 Å². The van der Waals surface area contributed by atoms with Crippen molar-refractivity contribution >= 4 is 11.6 Å². The zero-order valence-corrected chi connectivity index (χ0v) is 11.0. The summed E-state index contributed by atoms with van der Waals surface area (Å²) in [6.07, 6.45) is 3.31. The van der Waals surface area contributed by atoms with Crippen LogP contribution in [0.4, 0.5) is 0 Å². The predicted octanol–water partition coefficient (Wildman–Crippen LogP) is 1.16. The highest BCUT2D eigenvalue weighted by atomic mass is 35.5. The molecule has 1 heterocycles. The van der Waals surface area contributed by atoms with Crippen LogP contribution in [0.25, 0.3) is 0 Å². The van der Waals surface area contributed by atoms with Crippen molar-refractivity contribution in [2.24, 2.45) is 5.41 Å². The third-order valence-corrected chi connectivity index (χ3v) is 3.05. The Labute approximate surface area is 107 Å². The molecule has 1 aromatic heterocycles. The Morgan fingerprint density at radius 2 is 2.06 bits per heavy atom. The lowest BCUT2D eigenvalue weighted by molar-refractivity contribution is 0.0402. The van der Waals surface area contributed by atoms with Gasteiger partial charge in [0.05, 0.1) is 18.2 Å². The van der Waals surface area contributed by atoms with Crippen molar-refractivity contribution in [3.63, 3.8) is 0 Å². The van der Waals surface area contributed by atoms with Crippen molar-refractivity contribution < 1.29 is 10.2 Å². The standard InChI is InChI=1S/C12H19ClN2O2/c1-12(8-16,9-17)7-15(2)6-10-3-4-14-5-11(10)13/h3-5,16-17H,6-9H2,1-2H3. The number of hydrogen-bond acceptors (Lipinski definition) is 4. The number of aliphatic hydroxyl groups excluding tert-OH is 2. The quantitative estimate of drug-likeness (QED) is 0.804. The fourth-order valence-corrected chi connectivity index (χ4v) is 1.86. The van der Waals surface area contributed by atoms with Gasteiger partial charge in [0.15, 0.2) is 0 Å². The maximum atomic E-state index is 9.23. The SMILES string of the molecule is CN(Cc1ccncc1Cl)CC(C)(CO)CO. The van der Waals surface area contributed by atoms with Gasteiger partial charge in [-0.3, -0.25) is 4.98 Å². The van der Waals surface area contributed by atoms with E-state index < -0.39 is 5.41 Å². The largest absolute Gasteiger partial charge is 0.396 e. The number of pyridine rings is 1. The molecule has 1 aromatic rings. The minimum Gasteiger partial charge on any atom is -0.396 e. The van der Waals surface area contributed by atoms with E-state index in [1.165, 1.54) is 0 Å². The van der Waals surface area contributed by atoms with E-state index in [0.717, 1.165) is 5.56 Å². The fraction of sp³-hybridized carbons (Fsp3) is 0.583. The summed E-state index contributed by atoms with van der Waals surface area (Å²) in [4.78, 5) is 5.95. The molecule has 0 bridgehead atoms. The zero-order valence-electron chi connectivity index (χ0n) is 10.2. The molecule has 2 N–H and O–H groups in total. The van der Waals surface area contributed by atoms with Crippen molar-refractivity contribution in [3.8, 4) is 0 Å². The normalized spacial score (nSPS) is 12.1. The van der Waals surface area contributed by atoms with Crippen molar-refractivity contribution in [1.29, 1.82) is 0 Å². The smallest absolute Gasteiger partial charge is 0.0634 e. The number of halogens is 1. The average Bonchev–Trinajstić information content (AvgIpc) is 2.32. The highest BCUT2D eigenvalue weighted by molar-refractivity contribution is 6.31. The summed E-state index contributed by atoms with van der Waals surface area (Å²) in [5.74, 6) is 0. The molecule has 1 rings (SSSR count). The molecule has 0 amide bonds. The van der Waals surface area contributed by atoms with Crippen LogP contribution >= 0.6 is 11.6 Å². The third kappa shape index (κ3) is 4.24. The van der Waals surface area contributed by atoms with Crippen LogP contribution in [0, 0.1) is 5.41 Å². The molecule has 4 nitrogen and oxygen atoms in total. The number of nitrogens with zero attached hydrogens (tertiary/aromatic N) is 2. The van der Waals surface area contributed by atoms with Crippen LogP contribution in [0.2, 0.25) is 5.02 Å². The van der Waals surface area contributed by atoms with E-state index in [2.05, 4.69) is 4.98 Å². The van der Waals surface area contributed by atoms with Gasteiger partial charge in [0, 0.05) is 30.9 Å². The summed E-state index contributed by atoms with van der Waals surface area (Å²) < 4.78 is 0. The van der Waals surface area contributed by atoms with Crippen LogP contribution in [0.3, 0.4) is 0 Å². The average molecular weight is 259 g/mol. The molecule has 0 aliphatic carbocycles. The van der Waals surface area contributed by atoms with E-state index in [-0.39, 0.29) is 13.2 Å². The summed E-state index contributed by atoms with van der Waals surface area (Å²) in [5, 5.41) is 19.1. The van der Waals surface area contributed by atoms with Gasteiger partial charge >= 0.3 is 0 Å². The molecular formula is C12H19ClN2O2. The predicted molar refractivity (Wildman–Crippen MR) is 67.9 cm³/mol. The van der Waals surface area contributed by atoms with E-state index in [9.17, 15) is 10.2 Å². The monoisotopic (exact) mass is 258 g/mol. The van der Waals surface area contributed by atoms with E-state index in [0.29, 0.717) is 18.1 Å². The second-order valence-corrected chi connectivity index (χ2v) is 5.17. The van der Waals surface area contributed by atoms with Crippen LogP contribution in [0.5, 0.6) is 0 Å². The van der Waals surface area contributed by atoms with E-state index >= 15 is 0 Å². The van der Waals surface area contributed by atoms with Crippen molar-refractivity contribution in [2.75, 3.05) is 26.8 Å². The number of aliphatic hydroxyl groups is 2. The van der Waals surface area contributed by atoms with Crippen LogP contribution in [0.1, 0.15) is 12.5 Å². The van der Waals surface area contributed by atoms with Crippen molar-refractivity contribution in [3.05, 3.63) is 29.0 Å². The summed E-state index contributed by atoms with van der Waals surface area (Å²) >= 11 is 6.02. The molecule has 0 unspecified atom stereocenters. The lowest BCUT2D eigenvalue weighted by Crippen LogP contribution is -2.38. The maximum Gasteiger partial charge on any atom is 0.0634 e. The van der Waals surface area contributed by atoms with Gasteiger partial charge in [-0.1, -0.05) is 18.5 Å². The summed E-state index contributed by atoms with van der Waals surface area (Å²) in [5.41, 5.74) is 0.497. The summed E-state index contributed by atoms with van der Waals surface area (Å²) in [7, 11) is 1.93. The highest BCUT2D eigenvalue weighted by Crippen LogP contribution is 2.19. The van der Waals surface area contributed by atoms with Crippen molar-refractivity contribution in [1.82, 2.24) is 9.88 Å². The Balaban J connectivity index is 2.61. The van der Waals surface area contributed by atoms with E-state index in [4.69, 9.17) is 11.6 Å². The molecule has 0 saturated carbocycles. The highest BCUT2D eigenvalue weighted by Gasteiger charge is 2.24. The Morgan fingerprint density at radius 3 is 2.59 bits per heavy atom. The second-order valence-electron chi connectivity index (χ2n) is 4.77. The lowest BCUT2D eigenvalue weighted by atomic mass is 9.92.